The Kier molecular flexibility index (Phi) is 4.69. The van der Waals surface area contributed by atoms with Crippen LogP contribution in [0.5, 0.6) is 0 Å². The first-order valence-electron chi connectivity index (χ1n) is 6.96. The molecule has 2 N–H and O–H groups in total. The molecule has 20 heavy (non-hydrogen) atoms. The number of rotatable bonds is 5. The number of carbonyl (C=O) groups is 2. The van der Waals surface area contributed by atoms with Crippen molar-refractivity contribution in [3.05, 3.63) is 10.6 Å². The zero-order valence-electron chi connectivity index (χ0n) is 11.5. The van der Waals surface area contributed by atoms with Gasteiger partial charge in [-0.2, -0.15) is 0 Å². The molecule has 1 aromatic heterocycles. The molecule has 0 unspecified atom stereocenters. The maximum Gasteiger partial charge on any atom is 0.329 e. The van der Waals surface area contributed by atoms with Crippen molar-refractivity contribution in [1.82, 2.24) is 14.9 Å². The highest BCUT2D eigenvalue weighted by atomic mass is 32.1. The second-order valence-electron chi connectivity index (χ2n) is 5.20. The molecule has 0 saturated heterocycles. The summed E-state index contributed by atoms with van der Waals surface area (Å²) in [5, 5.41) is 16.1. The van der Waals surface area contributed by atoms with Crippen molar-refractivity contribution in [2.75, 3.05) is 0 Å². The highest BCUT2D eigenvalue weighted by Crippen LogP contribution is 2.29. The lowest BCUT2D eigenvalue weighted by molar-refractivity contribution is -0.145. The first kappa shape index (κ1) is 14.9. The van der Waals surface area contributed by atoms with Crippen LogP contribution in [0.2, 0.25) is 0 Å². The SMILES string of the molecule is CCCc1nnsc1C(=O)NC1(C(=O)O)CCCCC1. The third-order valence-corrected chi connectivity index (χ3v) is 4.48. The summed E-state index contributed by atoms with van der Waals surface area (Å²) in [7, 11) is 0. The third kappa shape index (κ3) is 2.98. The lowest BCUT2D eigenvalue weighted by atomic mass is 9.81. The van der Waals surface area contributed by atoms with Gasteiger partial charge in [0.05, 0.1) is 5.69 Å². The standard InChI is InChI=1S/C13H19N3O3S/c1-2-6-9-10(20-16-15-9)11(17)14-13(12(18)19)7-4-3-5-8-13/h2-8H2,1H3,(H,14,17)(H,18,19). The van der Waals surface area contributed by atoms with Crippen molar-refractivity contribution >= 4 is 23.4 Å². The highest BCUT2D eigenvalue weighted by molar-refractivity contribution is 7.08. The molecule has 1 aromatic rings. The van der Waals surface area contributed by atoms with Gasteiger partial charge in [-0.05, 0) is 30.8 Å². The van der Waals surface area contributed by atoms with Crippen LogP contribution in [0.1, 0.15) is 60.8 Å². The quantitative estimate of drug-likeness (QED) is 0.867. The molecule has 0 bridgehead atoms. The van der Waals surface area contributed by atoms with Gasteiger partial charge in [0, 0.05) is 0 Å². The molecule has 0 aliphatic heterocycles. The molecule has 1 aliphatic rings. The average molecular weight is 297 g/mol. The van der Waals surface area contributed by atoms with Gasteiger partial charge in [-0.15, -0.1) is 5.10 Å². The second kappa shape index (κ2) is 6.30. The molecule has 1 heterocycles. The number of amides is 1. The molecule has 0 radical (unpaired) electrons. The number of aryl methyl sites for hydroxylation is 1. The fourth-order valence-corrected chi connectivity index (χ4v) is 3.21. The van der Waals surface area contributed by atoms with E-state index in [0.29, 0.717) is 29.8 Å². The normalized spacial score (nSPS) is 17.6. The van der Waals surface area contributed by atoms with E-state index in [1.54, 1.807) is 0 Å². The van der Waals surface area contributed by atoms with Gasteiger partial charge in [0.2, 0.25) is 0 Å². The molecule has 6 nitrogen and oxygen atoms in total. The number of carbonyl (C=O) groups excluding carboxylic acids is 1. The summed E-state index contributed by atoms with van der Waals surface area (Å²) in [6.45, 7) is 2.00. The second-order valence-corrected chi connectivity index (χ2v) is 5.95. The van der Waals surface area contributed by atoms with Gasteiger partial charge >= 0.3 is 5.97 Å². The van der Waals surface area contributed by atoms with E-state index in [2.05, 4.69) is 14.9 Å². The van der Waals surface area contributed by atoms with Gasteiger partial charge in [-0.25, -0.2) is 4.79 Å². The molecule has 1 amide bonds. The Morgan fingerprint density at radius 3 is 2.65 bits per heavy atom. The molecule has 1 fully saturated rings. The summed E-state index contributed by atoms with van der Waals surface area (Å²) in [6, 6.07) is 0. The number of aliphatic carboxylic acids is 1. The molecular weight excluding hydrogens is 278 g/mol. The first-order valence-corrected chi connectivity index (χ1v) is 7.73. The Hall–Kier alpha value is -1.50. The Labute approximate surface area is 121 Å². The van der Waals surface area contributed by atoms with Crippen molar-refractivity contribution in [2.24, 2.45) is 0 Å². The minimum Gasteiger partial charge on any atom is -0.480 e. The zero-order chi connectivity index (χ0) is 14.6. The van der Waals surface area contributed by atoms with E-state index < -0.39 is 11.5 Å². The lowest BCUT2D eigenvalue weighted by Crippen LogP contribution is -2.55. The van der Waals surface area contributed by atoms with Crippen LogP contribution in [-0.2, 0) is 11.2 Å². The summed E-state index contributed by atoms with van der Waals surface area (Å²) in [5.41, 5.74) is -0.464. The number of aromatic nitrogens is 2. The topological polar surface area (TPSA) is 92.2 Å². The zero-order valence-corrected chi connectivity index (χ0v) is 12.3. The van der Waals surface area contributed by atoms with E-state index in [1.165, 1.54) is 0 Å². The van der Waals surface area contributed by atoms with Crippen LogP contribution in [0.15, 0.2) is 0 Å². The summed E-state index contributed by atoms with van der Waals surface area (Å²) in [5.74, 6) is -1.30. The average Bonchev–Trinajstić information content (AvgIpc) is 2.88. The van der Waals surface area contributed by atoms with E-state index in [-0.39, 0.29) is 5.91 Å². The van der Waals surface area contributed by atoms with Crippen LogP contribution in [0.25, 0.3) is 0 Å². The molecule has 7 heteroatoms. The summed E-state index contributed by atoms with van der Waals surface area (Å²) >= 11 is 1.03. The fraction of sp³-hybridized carbons (Fsp3) is 0.692. The van der Waals surface area contributed by atoms with E-state index in [9.17, 15) is 14.7 Å². The fourth-order valence-electron chi connectivity index (χ4n) is 2.60. The smallest absolute Gasteiger partial charge is 0.329 e. The van der Waals surface area contributed by atoms with Crippen LogP contribution in [0.3, 0.4) is 0 Å². The van der Waals surface area contributed by atoms with E-state index >= 15 is 0 Å². The maximum atomic E-state index is 12.3. The third-order valence-electron chi connectivity index (χ3n) is 3.72. The number of hydrogen-bond donors (Lipinski definition) is 2. The molecule has 0 aromatic carbocycles. The molecule has 110 valence electrons. The van der Waals surface area contributed by atoms with Gasteiger partial charge in [0.15, 0.2) is 0 Å². The molecule has 1 aliphatic carbocycles. The van der Waals surface area contributed by atoms with Gasteiger partial charge in [-0.1, -0.05) is 37.1 Å². The van der Waals surface area contributed by atoms with E-state index in [0.717, 1.165) is 37.2 Å². The van der Waals surface area contributed by atoms with Crippen molar-refractivity contribution in [3.63, 3.8) is 0 Å². The van der Waals surface area contributed by atoms with Crippen LogP contribution in [0, 0.1) is 0 Å². The number of nitrogens with one attached hydrogen (secondary N) is 1. The molecule has 2 rings (SSSR count). The Morgan fingerprint density at radius 1 is 1.35 bits per heavy atom. The molecule has 0 spiro atoms. The monoisotopic (exact) mass is 297 g/mol. The Balaban J connectivity index is 2.16. The van der Waals surface area contributed by atoms with Gasteiger partial charge < -0.3 is 10.4 Å². The summed E-state index contributed by atoms with van der Waals surface area (Å²) in [4.78, 5) is 24.3. The van der Waals surface area contributed by atoms with E-state index in [1.807, 2.05) is 6.92 Å². The van der Waals surface area contributed by atoms with Crippen LogP contribution < -0.4 is 5.32 Å². The molecular formula is C13H19N3O3S. The minimum atomic E-state index is -1.12. The Morgan fingerprint density at radius 2 is 2.05 bits per heavy atom. The summed E-state index contributed by atoms with van der Waals surface area (Å²) < 4.78 is 3.81. The van der Waals surface area contributed by atoms with Gasteiger partial charge in [-0.3, -0.25) is 4.79 Å². The minimum absolute atomic E-state index is 0.354. The van der Waals surface area contributed by atoms with Crippen LogP contribution >= 0.6 is 11.5 Å². The van der Waals surface area contributed by atoms with Crippen molar-refractivity contribution in [3.8, 4) is 0 Å². The highest BCUT2D eigenvalue weighted by Gasteiger charge is 2.41. The predicted octanol–water partition coefficient (Wildman–Crippen LogP) is 2.01. The molecule has 1 saturated carbocycles. The summed E-state index contributed by atoms with van der Waals surface area (Å²) in [6.07, 6.45) is 5.21. The van der Waals surface area contributed by atoms with Crippen molar-refractivity contribution in [1.29, 1.82) is 0 Å². The van der Waals surface area contributed by atoms with Crippen LogP contribution in [0.4, 0.5) is 0 Å². The number of carboxylic acid groups (broad SMARTS) is 1. The first-order chi connectivity index (χ1) is 9.59. The number of hydrogen-bond acceptors (Lipinski definition) is 5. The Bertz CT molecular complexity index is 495. The predicted molar refractivity (Wildman–Crippen MR) is 74.8 cm³/mol. The van der Waals surface area contributed by atoms with Crippen molar-refractivity contribution < 1.29 is 14.7 Å². The number of carboxylic acids is 1. The molecule has 0 atom stereocenters. The number of nitrogens with zero attached hydrogens (tertiary/aromatic N) is 2. The van der Waals surface area contributed by atoms with E-state index in [4.69, 9.17) is 0 Å². The maximum absolute atomic E-state index is 12.3. The van der Waals surface area contributed by atoms with Gasteiger partial charge in [0.1, 0.15) is 10.4 Å². The lowest BCUT2D eigenvalue weighted by Gasteiger charge is -2.33. The largest absolute Gasteiger partial charge is 0.480 e. The van der Waals surface area contributed by atoms with Crippen LogP contribution in [-0.4, -0.2) is 32.1 Å². The van der Waals surface area contributed by atoms with Crippen molar-refractivity contribution in [2.45, 2.75) is 57.4 Å². The van der Waals surface area contributed by atoms with Gasteiger partial charge in [0.25, 0.3) is 5.91 Å².